The summed E-state index contributed by atoms with van der Waals surface area (Å²) in [5, 5.41) is 8.37. The summed E-state index contributed by atoms with van der Waals surface area (Å²) in [5.74, 6) is 7.50. The molecule has 0 bridgehead atoms. The molecule has 5 rings (SSSR count). The maximum Gasteiger partial charge on any atom is 0.164 e. The van der Waals surface area contributed by atoms with Crippen molar-refractivity contribution in [3.63, 3.8) is 0 Å². The zero-order valence-electron chi connectivity index (χ0n) is 17.2. The van der Waals surface area contributed by atoms with Crippen LogP contribution in [0.2, 0.25) is 0 Å². The van der Waals surface area contributed by atoms with E-state index >= 15 is 0 Å². The number of nitrogens with zero attached hydrogens (tertiary/aromatic N) is 6. The van der Waals surface area contributed by atoms with E-state index in [1.165, 1.54) is 18.5 Å². The summed E-state index contributed by atoms with van der Waals surface area (Å²) in [6.45, 7) is 4.63. The van der Waals surface area contributed by atoms with Crippen molar-refractivity contribution in [2.75, 3.05) is 4.90 Å². The lowest BCUT2D eigenvalue weighted by molar-refractivity contribution is 0.837. The molecule has 30 heavy (non-hydrogen) atoms. The van der Waals surface area contributed by atoms with Crippen LogP contribution in [0.5, 0.6) is 0 Å². The second-order valence-corrected chi connectivity index (χ2v) is 7.79. The molecule has 1 fully saturated rings. The molecule has 1 aliphatic carbocycles. The van der Waals surface area contributed by atoms with E-state index in [1.807, 2.05) is 17.8 Å². The Morgan fingerprint density at radius 3 is 2.90 bits per heavy atom. The fourth-order valence-electron chi connectivity index (χ4n) is 3.80. The fourth-order valence-corrected chi connectivity index (χ4v) is 3.80. The van der Waals surface area contributed by atoms with Gasteiger partial charge in [0.2, 0.25) is 0 Å². The molecule has 3 aromatic rings. The zero-order valence-corrected chi connectivity index (χ0v) is 17.2. The molecular weight excluding hydrogens is 372 g/mol. The third-order valence-corrected chi connectivity index (χ3v) is 5.60. The molecule has 3 heterocycles. The van der Waals surface area contributed by atoms with Crippen molar-refractivity contribution in [1.82, 2.24) is 24.3 Å². The van der Waals surface area contributed by atoms with E-state index in [9.17, 15) is 0 Å². The number of aromatic nitrogens is 5. The van der Waals surface area contributed by atoms with Gasteiger partial charge in [-0.2, -0.15) is 0 Å². The second-order valence-electron chi connectivity index (χ2n) is 7.79. The van der Waals surface area contributed by atoms with Gasteiger partial charge in [-0.05, 0) is 51.0 Å². The normalized spacial score (nSPS) is 18.1. The molecular formula is C24H24N6. The predicted octanol–water partition coefficient (Wildman–Crippen LogP) is 4.31. The SMILES string of the molecule is CC#CCn1cnnc1-c1cccc(N2C=CC(n3cnc(C4CC4)c3)=CC2C)c1. The molecule has 6 nitrogen and oxygen atoms in total. The lowest BCUT2D eigenvalue weighted by Gasteiger charge is -2.30. The van der Waals surface area contributed by atoms with Gasteiger partial charge in [0.05, 0.1) is 24.6 Å². The minimum atomic E-state index is 0.218. The monoisotopic (exact) mass is 396 g/mol. The molecule has 6 heteroatoms. The average molecular weight is 396 g/mol. The van der Waals surface area contributed by atoms with Crippen LogP contribution >= 0.6 is 0 Å². The largest absolute Gasteiger partial charge is 0.341 e. The van der Waals surface area contributed by atoms with E-state index in [-0.39, 0.29) is 6.04 Å². The van der Waals surface area contributed by atoms with E-state index in [0.29, 0.717) is 12.5 Å². The molecule has 1 unspecified atom stereocenters. The Kier molecular flexibility index (Phi) is 4.72. The smallest absolute Gasteiger partial charge is 0.164 e. The Balaban J connectivity index is 1.38. The van der Waals surface area contributed by atoms with Gasteiger partial charge in [-0.25, -0.2) is 4.98 Å². The molecule has 0 radical (unpaired) electrons. The lowest BCUT2D eigenvalue weighted by Crippen LogP contribution is -2.28. The van der Waals surface area contributed by atoms with Crippen LogP contribution in [0.15, 0.2) is 61.5 Å². The van der Waals surface area contributed by atoms with Crippen molar-refractivity contribution >= 4 is 11.4 Å². The highest BCUT2D eigenvalue weighted by atomic mass is 15.3. The first-order valence-electron chi connectivity index (χ1n) is 10.3. The lowest BCUT2D eigenvalue weighted by atomic mass is 10.1. The number of hydrogen-bond acceptors (Lipinski definition) is 4. The number of imidazole rings is 1. The van der Waals surface area contributed by atoms with Gasteiger partial charge in [0, 0.05) is 35.3 Å². The minimum absolute atomic E-state index is 0.218. The van der Waals surface area contributed by atoms with E-state index in [0.717, 1.165) is 22.8 Å². The first-order chi connectivity index (χ1) is 14.7. The fraction of sp³-hybridized carbons (Fsp3) is 0.292. The van der Waals surface area contributed by atoms with E-state index in [1.54, 1.807) is 6.33 Å². The molecule has 150 valence electrons. The number of anilines is 1. The van der Waals surface area contributed by atoms with E-state index < -0.39 is 0 Å². The van der Waals surface area contributed by atoms with Crippen LogP contribution in [0.4, 0.5) is 5.69 Å². The minimum Gasteiger partial charge on any atom is -0.341 e. The van der Waals surface area contributed by atoms with Gasteiger partial charge in [0.25, 0.3) is 0 Å². The summed E-state index contributed by atoms with van der Waals surface area (Å²) in [6, 6.07) is 8.62. The van der Waals surface area contributed by atoms with Crippen LogP contribution < -0.4 is 4.90 Å². The summed E-state index contributed by atoms with van der Waals surface area (Å²) in [5.41, 5.74) is 4.52. The molecule has 1 aromatic carbocycles. The summed E-state index contributed by atoms with van der Waals surface area (Å²) in [6.07, 6.45) is 14.9. The topological polar surface area (TPSA) is 51.8 Å². The highest BCUT2D eigenvalue weighted by Crippen LogP contribution is 2.39. The number of allylic oxidation sites excluding steroid dienone is 2. The van der Waals surface area contributed by atoms with Crippen molar-refractivity contribution in [2.45, 2.75) is 45.2 Å². The van der Waals surface area contributed by atoms with Crippen LogP contribution in [0.3, 0.4) is 0 Å². The molecule has 0 saturated heterocycles. The molecule has 2 aliphatic rings. The van der Waals surface area contributed by atoms with Crippen LogP contribution in [0.1, 0.15) is 38.3 Å². The molecule has 0 amide bonds. The van der Waals surface area contributed by atoms with Gasteiger partial charge in [0.1, 0.15) is 6.33 Å². The van der Waals surface area contributed by atoms with Crippen molar-refractivity contribution < 1.29 is 0 Å². The first-order valence-corrected chi connectivity index (χ1v) is 10.3. The second kappa shape index (κ2) is 7.68. The van der Waals surface area contributed by atoms with Crippen molar-refractivity contribution in [3.8, 4) is 23.2 Å². The summed E-state index contributed by atoms with van der Waals surface area (Å²) in [7, 11) is 0. The Morgan fingerprint density at radius 1 is 1.20 bits per heavy atom. The average Bonchev–Trinajstić information content (AvgIpc) is 3.31. The molecule has 0 N–H and O–H groups in total. The number of rotatable bonds is 5. The highest BCUT2D eigenvalue weighted by molar-refractivity contribution is 5.69. The van der Waals surface area contributed by atoms with Gasteiger partial charge in [-0.1, -0.05) is 18.1 Å². The molecule has 0 spiro atoms. The molecule has 1 aliphatic heterocycles. The van der Waals surface area contributed by atoms with Crippen molar-refractivity contribution in [1.29, 1.82) is 0 Å². The van der Waals surface area contributed by atoms with Crippen molar-refractivity contribution in [3.05, 3.63) is 67.2 Å². The number of hydrogen-bond donors (Lipinski definition) is 0. The van der Waals surface area contributed by atoms with Gasteiger partial charge in [-0.3, -0.25) is 0 Å². The van der Waals surface area contributed by atoms with Gasteiger partial charge < -0.3 is 14.0 Å². The van der Waals surface area contributed by atoms with Crippen LogP contribution in [0, 0.1) is 11.8 Å². The molecule has 1 saturated carbocycles. The predicted molar refractivity (Wildman–Crippen MR) is 118 cm³/mol. The standard InChI is InChI=1S/C24H24N6/c1-3-4-11-28-17-26-27-24(28)20-6-5-7-22(14-20)30-12-10-21(13-18(30)2)29-15-23(25-16-29)19-8-9-19/h5-7,10,12-19H,8-9,11H2,1-2H3. The van der Waals surface area contributed by atoms with Gasteiger partial charge >= 0.3 is 0 Å². The van der Waals surface area contributed by atoms with Gasteiger partial charge in [0.15, 0.2) is 5.82 Å². The third kappa shape index (κ3) is 3.55. The van der Waals surface area contributed by atoms with Crippen LogP contribution in [0.25, 0.3) is 17.1 Å². The Hall–Kier alpha value is -3.59. The maximum atomic E-state index is 4.58. The Morgan fingerprint density at radius 2 is 2.10 bits per heavy atom. The van der Waals surface area contributed by atoms with Crippen LogP contribution in [-0.2, 0) is 6.54 Å². The first kappa shape index (κ1) is 18.4. The van der Waals surface area contributed by atoms with E-state index in [2.05, 4.69) is 92.2 Å². The molecule has 2 aromatic heterocycles. The summed E-state index contributed by atoms with van der Waals surface area (Å²) >= 11 is 0. The Labute approximate surface area is 176 Å². The quantitative estimate of drug-likeness (QED) is 0.603. The number of benzene rings is 1. The Bertz CT molecular complexity index is 1180. The highest BCUT2D eigenvalue weighted by Gasteiger charge is 2.26. The van der Waals surface area contributed by atoms with Gasteiger partial charge in [-0.15, -0.1) is 16.1 Å². The van der Waals surface area contributed by atoms with E-state index in [4.69, 9.17) is 0 Å². The zero-order chi connectivity index (χ0) is 20.5. The third-order valence-electron chi connectivity index (χ3n) is 5.60. The van der Waals surface area contributed by atoms with Crippen molar-refractivity contribution in [2.24, 2.45) is 0 Å². The molecule has 1 atom stereocenters. The maximum absolute atomic E-state index is 4.58. The summed E-state index contributed by atoms with van der Waals surface area (Å²) in [4.78, 5) is 6.84. The summed E-state index contributed by atoms with van der Waals surface area (Å²) < 4.78 is 4.10. The van der Waals surface area contributed by atoms with Crippen LogP contribution in [-0.4, -0.2) is 30.4 Å².